The Labute approximate surface area is 187 Å². The van der Waals surface area contributed by atoms with Gasteiger partial charge in [0.1, 0.15) is 13.2 Å². The minimum Gasteiger partial charge on any atom is -0.367 e. The van der Waals surface area contributed by atoms with E-state index in [2.05, 4.69) is 15.4 Å². The van der Waals surface area contributed by atoms with E-state index in [0.29, 0.717) is 19.4 Å². The molecule has 2 saturated heterocycles. The topological polar surface area (TPSA) is 69.5 Å². The molecule has 186 valence electrons. The van der Waals surface area contributed by atoms with Crippen LogP contribution in [0.15, 0.2) is 10.1 Å². The molecule has 2 fully saturated rings. The Balaban J connectivity index is 1.35. The van der Waals surface area contributed by atoms with Gasteiger partial charge in [0.15, 0.2) is 0 Å². The van der Waals surface area contributed by atoms with Gasteiger partial charge in [-0.3, -0.25) is 14.8 Å². The summed E-state index contributed by atoms with van der Waals surface area (Å²) < 4.78 is 80.4. The molecule has 4 rings (SSSR count). The number of piperidine rings is 1. The first kappa shape index (κ1) is 24.2. The Morgan fingerprint density at radius 2 is 1.85 bits per heavy atom. The normalized spacial score (nSPS) is 37.2. The number of ether oxygens (including phenoxy) is 1. The van der Waals surface area contributed by atoms with E-state index in [-0.39, 0.29) is 48.8 Å². The maximum atomic E-state index is 13.1. The molecule has 0 spiro atoms. The molecule has 13 heteroatoms. The zero-order valence-corrected chi connectivity index (χ0v) is 18.0. The lowest BCUT2D eigenvalue weighted by Crippen LogP contribution is -2.55. The van der Waals surface area contributed by atoms with Gasteiger partial charge in [0.2, 0.25) is 5.91 Å². The van der Waals surface area contributed by atoms with E-state index < -0.39 is 37.7 Å². The number of alkyl halides is 6. The Morgan fingerprint density at radius 1 is 1.09 bits per heavy atom. The van der Waals surface area contributed by atoms with Gasteiger partial charge in [0.05, 0.1) is 31.2 Å². The molecule has 7 unspecified atom stereocenters. The van der Waals surface area contributed by atoms with Crippen LogP contribution < -0.4 is 5.32 Å². The van der Waals surface area contributed by atoms with Crippen molar-refractivity contribution in [2.24, 2.45) is 27.8 Å². The number of aliphatic imine (C=N–C) groups is 1. The molecule has 4 heterocycles. The quantitative estimate of drug-likeness (QED) is 0.609. The van der Waals surface area contributed by atoms with Gasteiger partial charge in [-0.25, -0.2) is 0 Å². The van der Waals surface area contributed by atoms with Crippen LogP contribution in [0, 0.1) is 17.8 Å². The molecule has 0 aromatic heterocycles. The van der Waals surface area contributed by atoms with Gasteiger partial charge in [-0.1, -0.05) is 6.92 Å². The van der Waals surface area contributed by atoms with Crippen molar-refractivity contribution in [2.75, 3.05) is 32.8 Å². The number of hydrazone groups is 1. The van der Waals surface area contributed by atoms with Crippen molar-refractivity contribution in [2.45, 2.75) is 56.3 Å². The number of likely N-dealkylation sites (tertiary alicyclic amines) is 1. The molecular formula is C20H27F6N5O2. The number of halogens is 6. The summed E-state index contributed by atoms with van der Waals surface area (Å²) in [6.45, 7) is 0.0155. The minimum absolute atomic E-state index is 0.00396. The third-order valence-electron chi connectivity index (χ3n) is 6.76. The summed E-state index contributed by atoms with van der Waals surface area (Å²) >= 11 is 0. The van der Waals surface area contributed by atoms with Crippen molar-refractivity contribution in [3.05, 3.63) is 0 Å². The molecule has 0 aliphatic carbocycles. The van der Waals surface area contributed by atoms with Crippen LogP contribution in [0.5, 0.6) is 0 Å². The minimum atomic E-state index is -4.39. The fourth-order valence-corrected chi connectivity index (χ4v) is 5.39. The van der Waals surface area contributed by atoms with Gasteiger partial charge in [0.25, 0.3) is 0 Å². The van der Waals surface area contributed by atoms with Gasteiger partial charge in [-0.15, -0.1) is 0 Å². The van der Waals surface area contributed by atoms with Gasteiger partial charge in [-0.05, 0) is 18.8 Å². The first-order valence-electron chi connectivity index (χ1n) is 11.0. The van der Waals surface area contributed by atoms with Crippen molar-refractivity contribution in [1.29, 1.82) is 0 Å². The highest BCUT2D eigenvalue weighted by Crippen LogP contribution is 2.37. The molecule has 7 atom stereocenters. The summed E-state index contributed by atoms with van der Waals surface area (Å²) in [4.78, 5) is 18.9. The lowest BCUT2D eigenvalue weighted by molar-refractivity contribution is -0.185. The number of hydrogen-bond donors (Lipinski definition) is 1. The predicted octanol–water partition coefficient (Wildman–Crippen LogP) is 2.08. The van der Waals surface area contributed by atoms with E-state index in [9.17, 15) is 31.1 Å². The number of rotatable bonds is 5. The van der Waals surface area contributed by atoms with Crippen molar-refractivity contribution < 1.29 is 35.9 Å². The van der Waals surface area contributed by atoms with Crippen LogP contribution in [0.4, 0.5) is 26.3 Å². The second-order valence-electron chi connectivity index (χ2n) is 9.37. The second-order valence-corrected chi connectivity index (χ2v) is 9.37. The lowest BCUT2D eigenvalue weighted by atomic mass is 9.76. The Hall–Kier alpha value is -1.89. The fourth-order valence-electron chi connectivity index (χ4n) is 5.39. The highest BCUT2D eigenvalue weighted by atomic mass is 19.4. The molecule has 33 heavy (non-hydrogen) atoms. The number of fused-ring (bicyclic) bond motifs is 1. The summed E-state index contributed by atoms with van der Waals surface area (Å²) in [7, 11) is 0. The highest BCUT2D eigenvalue weighted by Gasteiger charge is 2.51. The van der Waals surface area contributed by atoms with Crippen molar-refractivity contribution in [3.63, 3.8) is 0 Å². The van der Waals surface area contributed by atoms with Crippen LogP contribution in [0.1, 0.15) is 19.8 Å². The molecule has 0 saturated carbocycles. The van der Waals surface area contributed by atoms with Crippen molar-refractivity contribution >= 4 is 18.3 Å². The number of amides is 1. The summed E-state index contributed by atoms with van der Waals surface area (Å²) in [5.41, 5.74) is 0. The second kappa shape index (κ2) is 9.05. The lowest BCUT2D eigenvalue weighted by Gasteiger charge is -2.40. The standard InChI is InChI=1S/C20H27F6N5O2/c1-11-2-15(12-3-14(6-27-4-12)33-10-20(24,25)26)29-16-8-31(18(32)17(11)16)13-5-28-30(7-13)9-19(21,22)23/h4-5,11-17,29H,2-3,6-10H2,1H3. The summed E-state index contributed by atoms with van der Waals surface area (Å²) in [5.74, 6) is -0.523. The van der Waals surface area contributed by atoms with Crippen LogP contribution in [0.25, 0.3) is 0 Å². The van der Waals surface area contributed by atoms with E-state index in [1.807, 2.05) is 6.92 Å². The number of nitrogens with zero attached hydrogens (tertiary/aromatic N) is 4. The van der Waals surface area contributed by atoms with Crippen molar-refractivity contribution in [3.8, 4) is 0 Å². The molecule has 0 radical (unpaired) electrons. The van der Waals surface area contributed by atoms with Crippen LogP contribution in [-0.4, -0.2) is 97.6 Å². The molecule has 4 aliphatic rings. The number of nitrogens with one attached hydrogen (secondary N) is 1. The maximum Gasteiger partial charge on any atom is 0.411 e. The zero-order valence-electron chi connectivity index (χ0n) is 18.0. The molecule has 7 nitrogen and oxygen atoms in total. The smallest absolute Gasteiger partial charge is 0.367 e. The summed E-state index contributed by atoms with van der Waals surface area (Å²) in [6.07, 6.45) is -5.20. The average molecular weight is 483 g/mol. The predicted molar refractivity (Wildman–Crippen MR) is 107 cm³/mol. The molecule has 0 bridgehead atoms. The molecule has 1 amide bonds. The van der Waals surface area contributed by atoms with E-state index in [0.717, 1.165) is 5.01 Å². The molecule has 1 N–H and O–H groups in total. The van der Waals surface area contributed by atoms with Crippen LogP contribution >= 0.6 is 0 Å². The van der Waals surface area contributed by atoms with Gasteiger partial charge >= 0.3 is 12.4 Å². The van der Waals surface area contributed by atoms with Crippen molar-refractivity contribution in [1.82, 2.24) is 15.2 Å². The average Bonchev–Trinajstić information content (AvgIpc) is 3.29. The van der Waals surface area contributed by atoms with E-state index in [1.54, 1.807) is 11.1 Å². The third-order valence-corrected chi connectivity index (χ3v) is 6.76. The zero-order chi connectivity index (χ0) is 24.0. The van der Waals surface area contributed by atoms with Crippen LogP contribution in [0.2, 0.25) is 0 Å². The largest absolute Gasteiger partial charge is 0.411 e. The molecule has 0 aromatic carbocycles. The Bertz CT molecular complexity index is 788. The van der Waals surface area contributed by atoms with Gasteiger partial charge in [-0.2, -0.15) is 31.4 Å². The molecule has 4 aliphatic heterocycles. The first-order chi connectivity index (χ1) is 15.4. The third kappa shape index (κ3) is 5.79. The number of hydrogen-bond acceptors (Lipinski definition) is 6. The number of carbonyl (C=O) groups excluding carboxylic acids is 1. The Morgan fingerprint density at radius 3 is 2.55 bits per heavy atom. The van der Waals surface area contributed by atoms with Crippen LogP contribution in [-0.2, 0) is 9.53 Å². The summed E-state index contributed by atoms with van der Waals surface area (Å²) in [5, 5.41) is 8.20. The van der Waals surface area contributed by atoms with E-state index in [4.69, 9.17) is 4.74 Å². The van der Waals surface area contributed by atoms with E-state index in [1.165, 1.54) is 6.21 Å². The van der Waals surface area contributed by atoms with E-state index >= 15 is 0 Å². The SMILES string of the molecule is CC1CC(C2C=NCC(OCC(F)(F)F)C2)NC2CN(C3C=NN(CC(F)(F)F)C3)C(=O)C12. The maximum absolute atomic E-state index is 13.1. The monoisotopic (exact) mass is 483 g/mol. The van der Waals surface area contributed by atoms with Gasteiger partial charge in [0, 0.05) is 37.0 Å². The van der Waals surface area contributed by atoms with Gasteiger partial charge < -0.3 is 15.0 Å². The number of carbonyl (C=O) groups is 1. The molecular weight excluding hydrogens is 456 g/mol. The Kier molecular flexibility index (Phi) is 6.64. The highest BCUT2D eigenvalue weighted by molar-refractivity contribution is 5.86. The molecule has 0 aromatic rings. The fraction of sp³-hybridized carbons (Fsp3) is 0.850. The summed E-state index contributed by atoms with van der Waals surface area (Å²) in [6, 6.07) is -0.788. The van der Waals surface area contributed by atoms with Crippen LogP contribution in [0.3, 0.4) is 0 Å². The first-order valence-corrected chi connectivity index (χ1v) is 11.0.